The number of ether oxygens (including phenoxy) is 3. The number of carbonyl (C=O) groups is 3. The van der Waals surface area contributed by atoms with Crippen LogP contribution in [0, 0.1) is 5.92 Å². The summed E-state index contributed by atoms with van der Waals surface area (Å²) >= 11 is 13.7. The summed E-state index contributed by atoms with van der Waals surface area (Å²) in [5.41, 5.74) is 8.94. The van der Waals surface area contributed by atoms with Gasteiger partial charge in [-0.3, -0.25) is 19.5 Å². The smallest absolute Gasteiger partial charge is 0.336 e. The van der Waals surface area contributed by atoms with Gasteiger partial charge in [-0.15, -0.1) is 0 Å². The van der Waals surface area contributed by atoms with Crippen molar-refractivity contribution in [2.75, 3.05) is 60.6 Å². The number of piperazine rings is 1. The third-order valence-electron chi connectivity index (χ3n) is 11.9. The van der Waals surface area contributed by atoms with Crippen LogP contribution in [0.3, 0.4) is 0 Å². The van der Waals surface area contributed by atoms with Crippen LogP contribution in [0.15, 0.2) is 58.7 Å². The molecule has 2 N–H and O–H groups in total. The van der Waals surface area contributed by atoms with Gasteiger partial charge in [0, 0.05) is 72.6 Å². The molecule has 54 heavy (non-hydrogen) atoms. The number of halogens is 2. The molecule has 1 amide bonds. The van der Waals surface area contributed by atoms with Crippen molar-refractivity contribution in [1.29, 1.82) is 0 Å². The van der Waals surface area contributed by atoms with Crippen molar-refractivity contribution >= 4 is 46.8 Å². The van der Waals surface area contributed by atoms with Gasteiger partial charge < -0.3 is 29.7 Å². The zero-order valence-corrected chi connectivity index (χ0v) is 33.1. The topological polar surface area (TPSA) is 127 Å². The average molecular weight is 783 g/mol. The highest BCUT2D eigenvalue weighted by atomic mass is 35.5. The second-order valence-corrected chi connectivity index (χ2v) is 15.6. The zero-order chi connectivity index (χ0) is 38.4. The number of amides is 1. The fourth-order valence-corrected chi connectivity index (χ4v) is 9.53. The number of fused-ring (bicyclic) bond motifs is 2. The molecular formula is C41H53Cl2N5O6. The summed E-state index contributed by atoms with van der Waals surface area (Å²) in [5, 5.41) is 0.543. The third kappa shape index (κ3) is 8.87. The fourth-order valence-electron chi connectivity index (χ4n) is 8.90. The molecule has 4 atom stereocenters. The molecule has 4 heterocycles. The van der Waals surface area contributed by atoms with Crippen LogP contribution in [-0.2, 0) is 41.6 Å². The molecule has 0 aliphatic carbocycles. The molecule has 3 fully saturated rings. The van der Waals surface area contributed by atoms with Crippen LogP contribution in [0.4, 0.5) is 0 Å². The largest absolute Gasteiger partial charge is 0.468 e. The first kappa shape index (κ1) is 40.3. The Morgan fingerprint density at radius 3 is 2.17 bits per heavy atom. The molecule has 292 valence electrons. The minimum absolute atomic E-state index is 0.125. The first-order valence-corrected chi connectivity index (χ1v) is 19.9. The standard InChI is InChI=1S/C41H53Cl2N5O6/c1-46-28-13-14-29(46)23-30(22-28)47-17-19-48(20-18-47)35(49)24-34-38(41(51)53-3)39(36-31(42)10-6-11-32(36)43)37(40(50)52-2)33(45-34)15-12-26-8-4-5-9-27(26)25-54-21-7-16-44/h4-6,8-11,28-30,38-39H,7,12-25,44H2,1-3H3. The summed E-state index contributed by atoms with van der Waals surface area (Å²) in [7, 11) is 4.83. The van der Waals surface area contributed by atoms with Gasteiger partial charge in [0.05, 0.1) is 38.5 Å². The van der Waals surface area contributed by atoms with Crippen LogP contribution in [0.2, 0.25) is 10.0 Å². The number of hydrogen-bond donors (Lipinski definition) is 1. The lowest BCUT2D eigenvalue weighted by molar-refractivity contribution is -0.143. The number of carbonyl (C=O) groups excluding carboxylic acids is 3. The number of nitrogens with zero attached hydrogens (tertiary/aromatic N) is 4. The predicted molar refractivity (Wildman–Crippen MR) is 210 cm³/mol. The van der Waals surface area contributed by atoms with Gasteiger partial charge in [-0.25, -0.2) is 4.79 Å². The van der Waals surface area contributed by atoms with Crippen LogP contribution < -0.4 is 5.73 Å². The molecular weight excluding hydrogens is 729 g/mol. The number of benzene rings is 2. The molecule has 4 aliphatic rings. The molecule has 13 heteroatoms. The number of allylic oxidation sites excluding steroid dienone is 1. The van der Waals surface area contributed by atoms with Crippen molar-refractivity contribution in [2.24, 2.45) is 16.6 Å². The van der Waals surface area contributed by atoms with Crippen molar-refractivity contribution < 1.29 is 28.6 Å². The summed E-state index contributed by atoms with van der Waals surface area (Å²) in [4.78, 5) is 53.8. The van der Waals surface area contributed by atoms with Gasteiger partial charge in [-0.1, -0.05) is 53.5 Å². The van der Waals surface area contributed by atoms with Crippen LogP contribution >= 0.6 is 23.2 Å². The average Bonchev–Trinajstić information content (AvgIpc) is 3.36. The first-order valence-electron chi connectivity index (χ1n) is 19.1. The number of nitrogens with two attached hydrogens (primary N) is 1. The minimum atomic E-state index is -1.14. The zero-order valence-electron chi connectivity index (χ0n) is 31.6. The Hall–Kier alpha value is -3.32. The van der Waals surface area contributed by atoms with E-state index in [2.05, 4.69) is 16.8 Å². The molecule has 4 aliphatic heterocycles. The van der Waals surface area contributed by atoms with Crippen LogP contribution in [0.25, 0.3) is 0 Å². The van der Waals surface area contributed by atoms with Gasteiger partial charge in [0.2, 0.25) is 5.91 Å². The van der Waals surface area contributed by atoms with E-state index in [1.807, 2.05) is 29.2 Å². The molecule has 0 saturated carbocycles. The van der Waals surface area contributed by atoms with E-state index >= 15 is 0 Å². The van der Waals surface area contributed by atoms with Gasteiger partial charge in [-0.2, -0.15) is 0 Å². The van der Waals surface area contributed by atoms with E-state index in [9.17, 15) is 14.4 Å². The molecule has 6 rings (SSSR count). The lowest BCUT2D eigenvalue weighted by Gasteiger charge is -2.45. The maximum Gasteiger partial charge on any atom is 0.336 e. The molecule has 2 bridgehead atoms. The van der Waals surface area contributed by atoms with Crippen LogP contribution in [-0.4, -0.2) is 117 Å². The Morgan fingerprint density at radius 2 is 1.54 bits per heavy atom. The molecule has 4 unspecified atom stereocenters. The quantitative estimate of drug-likeness (QED) is 0.198. The maximum atomic E-state index is 14.2. The number of rotatable bonds is 14. The lowest BCUT2D eigenvalue weighted by Crippen LogP contribution is -2.56. The van der Waals surface area contributed by atoms with E-state index in [1.165, 1.54) is 39.9 Å². The van der Waals surface area contributed by atoms with E-state index in [0.29, 0.717) is 80.8 Å². The Labute approximate surface area is 328 Å². The number of piperidine rings is 1. The SMILES string of the molecule is COC(=O)C1=C(CCc2ccccc2COCCCN)N=C(CC(=O)N2CCN(C3CC4CCC(C3)N4C)CC2)C(C(=O)OC)C1c1c(Cl)cccc1Cl. The van der Waals surface area contributed by atoms with Crippen molar-refractivity contribution in [3.05, 3.63) is 80.5 Å². The fraction of sp³-hybridized carbons (Fsp3) is 0.561. The Kier molecular flexibility index (Phi) is 13.9. The lowest BCUT2D eigenvalue weighted by atomic mass is 9.73. The molecule has 0 aromatic heterocycles. The minimum Gasteiger partial charge on any atom is -0.468 e. The molecule has 2 aromatic carbocycles. The van der Waals surface area contributed by atoms with Gasteiger partial charge >= 0.3 is 11.9 Å². The van der Waals surface area contributed by atoms with Gasteiger partial charge in [0.25, 0.3) is 0 Å². The normalized spacial score (nSPS) is 24.7. The second-order valence-electron chi connectivity index (χ2n) is 14.8. The van der Waals surface area contributed by atoms with Gasteiger partial charge in [0.1, 0.15) is 5.92 Å². The number of methoxy groups -OCH3 is 2. The van der Waals surface area contributed by atoms with Crippen molar-refractivity contribution in [2.45, 2.75) is 82.0 Å². The molecule has 0 radical (unpaired) electrons. The highest BCUT2D eigenvalue weighted by molar-refractivity contribution is 6.36. The van der Waals surface area contributed by atoms with Gasteiger partial charge in [0.15, 0.2) is 0 Å². The van der Waals surface area contributed by atoms with E-state index in [1.54, 1.807) is 18.2 Å². The van der Waals surface area contributed by atoms with E-state index in [0.717, 1.165) is 30.6 Å². The third-order valence-corrected chi connectivity index (χ3v) is 12.5. The summed E-state index contributed by atoms with van der Waals surface area (Å²) < 4.78 is 16.6. The summed E-state index contributed by atoms with van der Waals surface area (Å²) in [6.07, 6.45) is 6.34. The number of aliphatic imine (C=N–C) groups is 1. The second kappa shape index (κ2) is 18.5. The molecule has 11 nitrogen and oxygen atoms in total. The highest BCUT2D eigenvalue weighted by Crippen LogP contribution is 2.47. The molecule has 3 saturated heterocycles. The highest BCUT2D eigenvalue weighted by Gasteiger charge is 2.47. The number of esters is 2. The summed E-state index contributed by atoms with van der Waals surface area (Å²) in [5.74, 6) is -3.59. The van der Waals surface area contributed by atoms with Crippen molar-refractivity contribution in [3.8, 4) is 0 Å². The Morgan fingerprint density at radius 1 is 0.870 bits per heavy atom. The van der Waals surface area contributed by atoms with Crippen LogP contribution in [0.1, 0.15) is 67.6 Å². The van der Waals surface area contributed by atoms with Crippen molar-refractivity contribution in [1.82, 2.24) is 14.7 Å². The number of hydrogen-bond acceptors (Lipinski definition) is 10. The van der Waals surface area contributed by atoms with Gasteiger partial charge in [-0.05, 0) is 87.4 Å². The van der Waals surface area contributed by atoms with Crippen molar-refractivity contribution in [3.63, 3.8) is 0 Å². The predicted octanol–water partition coefficient (Wildman–Crippen LogP) is 5.41. The number of aryl methyl sites for hydroxylation is 1. The summed E-state index contributed by atoms with van der Waals surface area (Å²) in [6, 6.07) is 14.8. The monoisotopic (exact) mass is 781 g/mol. The van der Waals surface area contributed by atoms with Crippen LogP contribution in [0.5, 0.6) is 0 Å². The van der Waals surface area contributed by atoms with E-state index < -0.39 is 23.8 Å². The van der Waals surface area contributed by atoms with E-state index in [-0.39, 0.29) is 27.9 Å². The first-order chi connectivity index (χ1) is 26.1. The summed E-state index contributed by atoms with van der Waals surface area (Å²) in [6.45, 7) is 4.31. The maximum absolute atomic E-state index is 14.2. The van der Waals surface area contributed by atoms with E-state index in [4.69, 9.17) is 48.1 Å². The molecule has 0 spiro atoms. The Bertz CT molecular complexity index is 1710. The Balaban J connectivity index is 1.30. The molecule has 2 aromatic rings.